The number of ether oxygens (including phenoxy) is 2. The standard InChI is InChI=1S/C22H32O6/c1-12-14-5-6-15-20-8-4-7-19(3,10-27-13(2)23)16(20)18(25)22(26,28-11-20)21(15,9-14)17(12)24/h14-18,24-26H,1,4-11H2,2-3H3/t14-,15+,16-,17-,18+,19+,20-,21+,22+/m1/s1. The normalized spacial score (nSPS) is 56.9. The third-order valence-electron chi connectivity index (χ3n) is 9.38. The summed E-state index contributed by atoms with van der Waals surface area (Å²) < 4.78 is 11.5. The maximum atomic E-state index is 11.8. The molecule has 0 amide bonds. The van der Waals surface area contributed by atoms with E-state index in [1.54, 1.807) is 0 Å². The Labute approximate surface area is 165 Å². The fourth-order valence-corrected chi connectivity index (χ4v) is 8.41. The molecule has 6 aliphatic rings. The molecule has 2 saturated heterocycles. The molecule has 0 aromatic heterocycles. The van der Waals surface area contributed by atoms with E-state index in [0.29, 0.717) is 13.0 Å². The van der Waals surface area contributed by atoms with Crippen LogP contribution in [0.25, 0.3) is 0 Å². The van der Waals surface area contributed by atoms with Crippen molar-refractivity contribution in [1.82, 2.24) is 0 Å². The van der Waals surface area contributed by atoms with E-state index >= 15 is 0 Å². The SMILES string of the molecule is C=C1[C@@H]2CC[C@H]3[C@]45CCC[C@@](C)(COC(C)=O)[C@H]4[C@H](O)[C@](O)(OC5)[C@]3(C2)[C@@H]1O. The third-order valence-corrected chi connectivity index (χ3v) is 9.38. The lowest BCUT2D eigenvalue weighted by molar-refractivity contribution is -0.458. The van der Waals surface area contributed by atoms with Gasteiger partial charge in [0.25, 0.3) is 0 Å². The lowest BCUT2D eigenvalue weighted by Crippen LogP contribution is -2.82. The Kier molecular flexibility index (Phi) is 3.80. The lowest BCUT2D eigenvalue weighted by atomic mass is 9.36. The summed E-state index contributed by atoms with van der Waals surface area (Å²) in [5, 5.41) is 34.6. The zero-order chi connectivity index (χ0) is 20.1. The number of carbonyl (C=O) groups is 1. The minimum atomic E-state index is -1.80. The number of hydrogen-bond acceptors (Lipinski definition) is 6. The summed E-state index contributed by atoms with van der Waals surface area (Å²) in [4.78, 5) is 11.5. The average molecular weight is 392 g/mol. The number of carbonyl (C=O) groups excluding carboxylic acids is 1. The van der Waals surface area contributed by atoms with E-state index in [1.165, 1.54) is 6.92 Å². The van der Waals surface area contributed by atoms with Crippen molar-refractivity contribution in [2.75, 3.05) is 13.2 Å². The van der Waals surface area contributed by atoms with E-state index in [0.717, 1.165) is 37.7 Å². The van der Waals surface area contributed by atoms with Crippen molar-refractivity contribution in [2.24, 2.45) is 34.0 Å². The highest BCUT2D eigenvalue weighted by Crippen LogP contribution is 2.77. The summed E-state index contributed by atoms with van der Waals surface area (Å²) in [5.41, 5.74) is -0.861. The van der Waals surface area contributed by atoms with Crippen LogP contribution in [0.4, 0.5) is 0 Å². The van der Waals surface area contributed by atoms with Crippen LogP contribution in [-0.4, -0.2) is 52.5 Å². The quantitative estimate of drug-likeness (QED) is 0.490. The van der Waals surface area contributed by atoms with Gasteiger partial charge in [-0.2, -0.15) is 0 Å². The Morgan fingerprint density at radius 3 is 2.79 bits per heavy atom. The summed E-state index contributed by atoms with van der Waals surface area (Å²) in [6, 6.07) is 0. The molecule has 6 nitrogen and oxygen atoms in total. The fourth-order valence-electron chi connectivity index (χ4n) is 8.41. The van der Waals surface area contributed by atoms with Crippen molar-refractivity contribution in [3.63, 3.8) is 0 Å². The molecule has 28 heavy (non-hydrogen) atoms. The number of hydrogen-bond donors (Lipinski definition) is 3. The monoisotopic (exact) mass is 392 g/mol. The molecule has 6 heteroatoms. The van der Waals surface area contributed by atoms with E-state index in [1.807, 2.05) is 0 Å². The molecule has 6 rings (SSSR count). The van der Waals surface area contributed by atoms with Crippen molar-refractivity contribution in [2.45, 2.75) is 70.4 Å². The average Bonchev–Trinajstić information content (AvgIpc) is 2.84. The topological polar surface area (TPSA) is 96.2 Å². The molecule has 2 aliphatic heterocycles. The van der Waals surface area contributed by atoms with Crippen LogP contribution in [0.3, 0.4) is 0 Å². The molecule has 2 heterocycles. The van der Waals surface area contributed by atoms with Crippen LogP contribution >= 0.6 is 0 Å². The highest BCUT2D eigenvalue weighted by Gasteiger charge is 2.82. The first-order chi connectivity index (χ1) is 13.1. The molecule has 6 fully saturated rings. The van der Waals surface area contributed by atoms with Crippen LogP contribution in [0, 0.1) is 34.0 Å². The van der Waals surface area contributed by atoms with Crippen LogP contribution in [0.15, 0.2) is 12.2 Å². The van der Waals surface area contributed by atoms with Crippen molar-refractivity contribution < 1.29 is 29.6 Å². The molecule has 3 N–H and O–H groups in total. The Balaban J connectivity index is 1.64. The van der Waals surface area contributed by atoms with E-state index in [4.69, 9.17) is 9.47 Å². The van der Waals surface area contributed by atoms with Gasteiger partial charge >= 0.3 is 5.97 Å². The van der Waals surface area contributed by atoms with Crippen LogP contribution < -0.4 is 0 Å². The van der Waals surface area contributed by atoms with Crippen LogP contribution in [-0.2, 0) is 14.3 Å². The molecule has 2 spiro atoms. The number of fused-ring (bicyclic) bond motifs is 2. The Bertz CT molecular complexity index is 737. The van der Waals surface area contributed by atoms with Gasteiger partial charge in [-0.05, 0) is 49.5 Å². The van der Waals surface area contributed by atoms with Gasteiger partial charge in [0, 0.05) is 23.7 Å². The largest absolute Gasteiger partial charge is 0.465 e. The number of rotatable bonds is 2. The zero-order valence-electron chi connectivity index (χ0n) is 16.8. The van der Waals surface area contributed by atoms with Gasteiger partial charge in [-0.3, -0.25) is 4.79 Å². The number of aliphatic hydroxyl groups is 3. The van der Waals surface area contributed by atoms with Crippen molar-refractivity contribution >= 4 is 5.97 Å². The first-order valence-corrected chi connectivity index (χ1v) is 10.7. The minimum absolute atomic E-state index is 0.0644. The molecular formula is C22H32O6. The molecule has 4 aliphatic carbocycles. The van der Waals surface area contributed by atoms with Crippen LogP contribution in [0.2, 0.25) is 0 Å². The predicted octanol–water partition coefficient (Wildman–Crippen LogP) is 1.77. The van der Waals surface area contributed by atoms with Crippen molar-refractivity contribution in [1.29, 1.82) is 0 Å². The number of esters is 1. The predicted molar refractivity (Wildman–Crippen MR) is 99.8 cm³/mol. The minimum Gasteiger partial charge on any atom is -0.465 e. The van der Waals surface area contributed by atoms with E-state index in [-0.39, 0.29) is 35.7 Å². The molecule has 156 valence electrons. The summed E-state index contributed by atoms with van der Waals surface area (Å²) in [6.07, 6.45) is 3.19. The molecule has 0 aromatic carbocycles. The van der Waals surface area contributed by atoms with E-state index < -0.39 is 28.8 Å². The van der Waals surface area contributed by atoms with Crippen molar-refractivity contribution in [3.8, 4) is 0 Å². The van der Waals surface area contributed by atoms with Crippen molar-refractivity contribution in [3.05, 3.63) is 12.2 Å². The van der Waals surface area contributed by atoms with E-state index in [2.05, 4.69) is 13.5 Å². The van der Waals surface area contributed by atoms with Crippen LogP contribution in [0.1, 0.15) is 52.4 Å². The van der Waals surface area contributed by atoms with Crippen LogP contribution in [0.5, 0.6) is 0 Å². The second-order valence-corrected chi connectivity index (χ2v) is 10.5. The zero-order valence-corrected chi connectivity index (χ0v) is 16.8. The van der Waals surface area contributed by atoms with E-state index in [9.17, 15) is 20.1 Å². The van der Waals surface area contributed by atoms with Gasteiger partial charge in [0.15, 0.2) is 0 Å². The van der Waals surface area contributed by atoms with Gasteiger partial charge in [-0.1, -0.05) is 19.9 Å². The van der Waals surface area contributed by atoms with Gasteiger partial charge in [-0.15, -0.1) is 0 Å². The molecule has 0 radical (unpaired) electrons. The van der Waals surface area contributed by atoms with Gasteiger partial charge in [0.1, 0.15) is 6.10 Å². The summed E-state index contributed by atoms with van der Waals surface area (Å²) in [7, 11) is 0. The molecule has 4 bridgehead atoms. The highest BCUT2D eigenvalue weighted by molar-refractivity contribution is 5.65. The molecule has 4 saturated carbocycles. The third kappa shape index (κ3) is 1.91. The first-order valence-electron chi connectivity index (χ1n) is 10.7. The van der Waals surface area contributed by atoms with Gasteiger partial charge in [-0.25, -0.2) is 0 Å². The molecule has 0 aromatic rings. The summed E-state index contributed by atoms with van der Waals surface area (Å²) >= 11 is 0. The van der Waals surface area contributed by atoms with Gasteiger partial charge < -0.3 is 24.8 Å². The highest BCUT2D eigenvalue weighted by atomic mass is 16.6. The summed E-state index contributed by atoms with van der Waals surface area (Å²) in [6.45, 7) is 8.22. The maximum absolute atomic E-state index is 11.8. The molecular weight excluding hydrogens is 360 g/mol. The second-order valence-electron chi connectivity index (χ2n) is 10.5. The molecule has 0 unspecified atom stereocenters. The Morgan fingerprint density at radius 2 is 2.07 bits per heavy atom. The fraction of sp³-hybridized carbons (Fsp3) is 0.864. The second kappa shape index (κ2) is 5.60. The smallest absolute Gasteiger partial charge is 0.302 e. The van der Waals surface area contributed by atoms with Gasteiger partial charge in [0.2, 0.25) is 5.79 Å². The van der Waals surface area contributed by atoms with Gasteiger partial charge in [0.05, 0.1) is 24.7 Å². The number of aliphatic hydroxyl groups excluding tert-OH is 2. The first kappa shape index (κ1) is 19.0. The lowest BCUT2D eigenvalue weighted by Gasteiger charge is -2.74. The Hall–Kier alpha value is -0.950. The Morgan fingerprint density at radius 1 is 1.32 bits per heavy atom. The maximum Gasteiger partial charge on any atom is 0.302 e. The molecule has 9 atom stereocenters. The summed E-state index contributed by atoms with van der Waals surface area (Å²) in [5.74, 6) is -2.12.